The monoisotopic (exact) mass is 202 g/mol. The van der Waals surface area contributed by atoms with E-state index in [9.17, 15) is 0 Å². The molecule has 0 aliphatic carbocycles. The third kappa shape index (κ3) is 9.61. The van der Waals surface area contributed by atoms with Crippen LogP contribution in [0.15, 0.2) is 0 Å². The minimum Gasteiger partial charge on any atom is -0.363 e. The highest BCUT2D eigenvalue weighted by Crippen LogP contribution is 2.01. The van der Waals surface area contributed by atoms with Gasteiger partial charge in [0.15, 0.2) is 5.11 Å². The Morgan fingerprint density at radius 3 is 2.38 bits per heavy atom. The first-order chi connectivity index (χ1) is 6.16. The van der Waals surface area contributed by atoms with Gasteiger partial charge in [0.25, 0.3) is 0 Å². The highest BCUT2D eigenvalue weighted by molar-refractivity contribution is 7.80. The third-order valence-electron chi connectivity index (χ3n) is 1.78. The molecular weight excluding hydrogens is 180 g/mol. The summed E-state index contributed by atoms with van der Waals surface area (Å²) in [5, 5.41) is 7.13. The molecule has 0 amide bonds. The Kier molecular flexibility index (Phi) is 8.10. The predicted molar refractivity (Wildman–Crippen MR) is 63.0 cm³/mol. The Morgan fingerprint density at radius 1 is 1.23 bits per heavy atom. The van der Waals surface area contributed by atoms with E-state index in [4.69, 9.17) is 12.2 Å². The molecule has 3 heteroatoms. The van der Waals surface area contributed by atoms with Gasteiger partial charge < -0.3 is 10.6 Å². The fourth-order valence-corrected chi connectivity index (χ4v) is 1.22. The number of hydrogen-bond donors (Lipinski definition) is 2. The second-order valence-electron chi connectivity index (χ2n) is 3.72. The maximum Gasteiger partial charge on any atom is 0.166 e. The Labute approximate surface area is 87.5 Å². The lowest BCUT2D eigenvalue weighted by molar-refractivity contribution is 0.550. The average molecular weight is 202 g/mol. The van der Waals surface area contributed by atoms with Crippen LogP contribution in [0.25, 0.3) is 0 Å². The highest BCUT2D eigenvalue weighted by Gasteiger charge is 1.95. The van der Waals surface area contributed by atoms with Crippen molar-refractivity contribution in [3.8, 4) is 0 Å². The molecule has 78 valence electrons. The first-order valence-electron chi connectivity index (χ1n) is 5.18. The first kappa shape index (κ1) is 12.7. The second kappa shape index (κ2) is 8.30. The van der Waals surface area contributed by atoms with Gasteiger partial charge in [-0.3, -0.25) is 0 Å². The fraction of sp³-hybridized carbons (Fsp3) is 0.900. The molecule has 0 aliphatic heterocycles. The molecule has 0 fully saturated rings. The smallest absolute Gasteiger partial charge is 0.166 e. The molecule has 0 rings (SSSR count). The van der Waals surface area contributed by atoms with Crippen molar-refractivity contribution >= 4 is 17.3 Å². The average Bonchev–Trinajstić information content (AvgIpc) is 2.08. The molecule has 0 aliphatic rings. The van der Waals surface area contributed by atoms with Crippen molar-refractivity contribution in [1.29, 1.82) is 0 Å². The van der Waals surface area contributed by atoms with Crippen molar-refractivity contribution in [1.82, 2.24) is 10.6 Å². The van der Waals surface area contributed by atoms with Crippen molar-refractivity contribution < 1.29 is 0 Å². The molecule has 2 N–H and O–H groups in total. The Hall–Kier alpha value is -0.310. The van der Waals surface area contributed by atoms with Gasteiger partial charge in [-0.15, -0.1) is 0 Å². The minimum atomic E-state index is 0.791. The molecule has 0 saturated heterocycles. The van der Waals surface area contributed by atoms with Gasteiger partial charge in [0.05, 0.1) is 0 Å². The summed E-state index contributed by atoms with van der Waals surface area (Å²) in [4.78, 5) is 0. The lowest BCUT2D eigenvalue weighted by atomic mass is 10.1. The fourth-order valence-electron chi connectivity index (χ4n) is 1.01. The van der Waals surface area contributed by atoms with Gasteiger partial charge in [-0.25, -0.2) is 0 Å². The lowest BCUT2D eigenvalue weighted by Crippen LogP contribution is -2.36. The van der Waals surface area contributed by atoms with Gasteiger partial charge in [0, 0.05) is 13.1 Å². The van der Waals surface area contributed by atoms with Crippen LogP contribution >= 0.6 is 12.2 Å². The van der Waals surface area contributed by atoms with Crippen LogP contribution in [0.4, 0.5) is 0 Å². The molecule has 0 saturated carbocycles. The summed E-state index contributed by atoms with van der Waals surface area (Å²) < 4.78 is 0. The van der Waals surface area contributed by atoms with Gasteiger partial charge in [-0.05, 0) is 37.4 Å². The number of hydrogen-bond acceptors (Lipinski definition) is 1. The number of rotatable bonds is 6. The summed E-state index contributed by atoms with van der Waals surface area (Å²) in [6.45, 7) is 8.58. The Bertz CT molecular complexity index is 135. The number of nitrogens with one attached hydrogen (secondary N) is 2. The topological polar surface area (TPSA) is 24.1 Å². The van der Waals surface area contributed by atoms with Crippen LogP contribution in [0.1, 0.15) is 40.0 Å². The maximum absolute atomic E-state index is 5.08. The van der Waals surface area contributed by atoms with Crippen LogP contribution < -0.4 is 10.6 Å². The Morgan fingerprint density at radius 2 is 1.85 bits per heavy atom. The molecule has 0 aromatic carbocycles. The molecule has 13 heavy (non-hydrogen) atoms. The van der Waals surface area contributed by atoms with Crippen LogP contribution in [0, 0.1) is 5.92 Å². The van der Waals surface area contributed by atoms with Gasteiger partial charge >= 0.3 is 0 Å². The van der Waals surface area contributed by atoms with E-state index in [1.807, 2.05) is 0 Å². The summed E-state index contributed by atoms with van der Waals surface area (Å²) in [5.74, 6) is 0.791. The molecule has 0 aromatic rings. The SMILES string of the molecule is CCCNC(=S)NCCCC(C)C. The van der Waals surface area contributed by atoms with Crippen molar-refractivity contribution in [3.63, 3.8) is 0 Å². The van der Waals surface area contributed by atoms with Crippen LogP contribution in [-0.2, 0) is 0 Å². The van der Waals surface area contributed by atoms with Gasteiger partial charge in [-0.2, -0.15) is 0 Å². The molecule has 0 heterocycles. The van der Waals surface area contributed by atoms with E-state index >= 15 is 0 Å². The normalized spacial score (nSPS) is 10.2. The van der Waals surface area contributed by atoms with Crippen molar-refractivity contribution in [2.75, 3.05) is 13.1 Å². The van der Waals surface area contributed by atoms with Crippen molar-refractivity contribution in [3.05, 3.63) is 0 Å². The second-order valence-corrected chi connectivity index (χ2v) is 4.13. The maximum atomic E-state index is 5.08. The van der Waals surface area contributed by atoms with Crippen LogP contribution in [0.5, 0.6) is 0 Å². The van der Waals surface area contributed by atoms with E-state index in [1.54, 1.807) is 0 Å². The largest absolute Gasteiger partial charge is 0.363 e. The zero-order valence-corrected chi connectivity index (χ0v) is 9.84. The van der Waals surface area contributed by atoms with E-state index in [2.05, 4.69) is 31.4 Å². The molecule has 0 radical (unpaired) electrons. The van der Waals surface area contributed by atoms with Crippen LogP contribution in [-0.4, -0.2) is 18.2 Å². The van der Waals surface area contributed by atoms with E-state index < -0.39 is 0 Å². The zero-order chi connectivity index (χ0) is 10.1. The first-order valence-corrected chi connectivity index (χ1v) is 5.59. The van der Waals surface area contributed by atoms with Crippen LogP contribution in [0.3, 0.4) is 0 Å². The molecule has 0 bridgehead atoms. The molecule has 0 unspecified atom stereocenters. The van der Waals surface area contributed by atoms with E-state index in [-0.39, 0.29) is 0 Å². The molecule has 0 atom stereocenters. The Balaban J connectivity index is 3.17. The molecule has 0 aromatic heterocycles. The standard InChI is InChI=1S/C10H22N2S/c1-4-7-11-10(13)12-8-5-6-9(2)3/h9H,4-8H2,1-3H3,(H2,11,12,13). The summed E-state index contributed by atoms with van der Waals surface area (Å²) >= 11 is 5.08. The predicted octanol–water partition coefficient (Wildman–Crippen LogP) is 2.30. The van der Waals surface area contributed by atoms with Crippen molar-refractivity contribution in [2.24, 2.45) is 5.92 Å². The van der Waals surface area contributed by atoms with E-state index in [0.29, 0.717) is 0 Å². The van der Waals surface area contributed by atoms with Gasteiger partial charge in [0.1, 0.15) is 0 Å². The molecule has 0 spiro atoms. The number of thiocarbonyl (C=S) groups is 1. The molecule has 2 nitrogen and oxygen atoms in total. The lowest BCUT2D eigenvalue weighted by Gasteiger charge is -2.10. The molecular formula is C10H22N2S. The van der Waals surface area contributed by atoms with Crippen molar-refractivity contribution in [2.45, 2.75) is 40.0 Å². The van der Waals surface area contributed by atoms with E-state index in [1.165, 1.54) is 12.8 Å². The third-order valence-corrected chi connectivity index (χ3v) is 2.07. The quantitative estimate of drug-likeness (QED) is 0.510. The van der Waals surface area contributed by atoms with Crippen LogP contribution in [0.2, 0.25) is 0 Å². The van der Waals surface area contributed by atoms with E-state index in [0.717, 1.165) is 30.5 Å². The van der Waals surface area contributed by atoms with Gasteiger partial charge in [0.2, 0.25) is 0 Å². The minimum absolute atomic E-state index is 0.791. The van der Waals surface area contributed by atoms with Gasteiger partial charge in [-0.1, -0.05) is 20.8 Å². The summed E-state index contributed by atoms with van der Waals surface area (Å²) in [6, 6.07) is 0. The highest BCUT2D eigenvalue weighted by atomic mass is 32.1. The zero-order valence-electron chi connectivity index (χ0n) is 9.02. The summed E-state index contributed by atoms with van der Waals surface area (Å²) in [7, 11) is 0. The summed E-state index contributed by atoms with van der Waals surface area (Å²) in [5.41, 5.74) is 0. The summed E-state index contributed by atoms with van der Waals surface area (Å²) in [6.07, 6.45) is 3.59.